The van der Waals surface area contributed by atoms with Crippen molar-refractivity contribution >= 4 is 35.1 Å². The molecule has 0 heterocycles. The normalized spacial score (nSPS) is 13.7. The average molecular weight is 304 g/mol. The summed E-state index contributed by atoms with van der Waals surface area (Å²) in [6.45, 7) is 4.73. The number of carbonyl (C=O) groups excluding carboxylic acids is 1. The van der Waals surface area contributed by atoms with Crippen molar-refractivity contribution < 1.29 is 14.7 Å². The summed E-state index contributed by atoms with van der Waals surface area (Å²) in [7, 11) is 0. The van der Waals surface area contributed by atoms with E-state index in [2.05, 4.69) is 0 Å². The van der Waals surface area contributed by atoms with E-state index >= 15 is 0 Å². The highest BCUT2D eigenvalue weighted by atomic mass is 35.5. The minimum atomic E-state index is -1.55. The molecule has 19 heavy (non-hydrogen) atoms. The van der Waals surface area contributed by atoms with Crippen LogP contribution >= 0.6 is 23.2 Å². The van der Waals surface area contributed by atoms with E-state index in [-0.39, 0.29) is 17.5 Å². The molecule has 1 amide bonds. The summed E-state index contributed by atoms with van der Waals surface area (Å²) in [6, 6.07) is 4.57. The maximum Gasteiger partial charge on any atom is 0.334 e. The lowest BCUT2D eigenvalue weighted by Crippen LogP contribution is -2.52. The number of amides is 1. The van der Waals surface area contributed by atoms with Gasteiger partial charge in [0.25, 0.3) is 0 Å². The van der Waals surface area contributed by atoms with Crippen molar-refractivity contribution in [3.63, 3.8) is 0 Å². The summed E-state index contributed by atoms with van der Waals surface area (Å²) in [4.78, 5) is 24.6. The van der Waals surface area contributed by atoms with Crippen LogP contribution < -0.4 is 0 Å². The summed E-state index contributed by atoms with van der Waals surface area (Å²) >= 11 is 12.0. The molecule has 0 spiro atoms. The molecule has 104 valence electrons. The lowest BCUT2D eigenvalue weighted by atomic mass is 9.89. The lowest BCUT2D eigenvalue weighted by molar-refractivity contribution is -0.158. The molecule has 1 unspecified atom stereocenters. The number of halogens is 2. The van der Waals surface area contributed by atoms with Crippen molar-refractivity contribution in [2.75, 3.05) is 6.54 Å². The highest BCUT2D eigenvalue weighted by molar-refractivity contribution is 6.34. The maximum atomic E-state index is 11.7. The van der Waals surface area contributed by atoms with Gasteiger partial charge in [-0.1, -0.05) is 23.2 Å². The molecule has 0 bridgehead atoms. The number of nitrogens with zero attached hydrogens (tertiary/aromatic N) is 1. The zero-order valence-electron chi connectivity index (χ0n) is 10.9. The Bertz CT molecular complexity index is 519. The van der Waals surface area contributed by atoms with Crippen LogP contribution in [0.25, 0.3) is 0 Å². The monoisotopic (exact) mass is 303 g/mol. The molecule has 1 aromatic carbocycles. The fourth-order valence-corrected chi connectivity index (χ4v) is 2.57. The Morgan fingerprint density at radius 3 is 2.37 bits per heavy atom. The molecule has 0 radical (unpaired) electrons. The molecule has 1 aromatic rings. The zero-order chi connectivity index (χ0) is 14.8. The third kappa shape index (κ3) is 2.85. The topological polar surface area (TPSA) is 57.6 Å². The van der Waals surface area contributed by atoms with Gasteiger partial charge in [-0.25, -0.2) is 4.79 Å². The van der Waals surface area contributed by atoms with Gasteiger partial charge in [-0.3, -0.25) is 4.79 Å². The second kappa shape index (κ2) is 5.80. The average Bonchev–Trinajstić information content (AvgIpc) is 2.32. The number of rotatable bonds is 4. The highest BCUT2D eigenvalue weighted by Crippen LogP contribution is 2.35. The van der Waals surface area contributed by atoms with E-state index in [4.69, 9.17) is 23.2 Å². The molecule has 0 aromatic heterocycles. The molecule has 0 aliphatic rings. The minimum Gasteiger partial charge on any atom is -0.479 e. The second-order valence-corrected chi connectivity index (χ2v) is 5.11. The maximum absolute atomic E-state index is 11.7. The molecule has 0 saturated heterocycles. The molecule has 1 N–H and O–H groups in total. The molecule has 1 rings (SSSR count). The minimum absolute atomic E-state index is 0.251. The summed E-state index contributed by atoms with van der Waals surface area (Å²) in [5, 5.41) is 10.2. The predicted octanol–water partition coefficient (Wildman–Crippen LogP) is 3.16. The number of aliphatic carboxylic acids is 1. The Kier molecular flexibility index (Phi) is 4.82. The molecule has 1 atom stereocenters. The first-order chi connectivity index (χ1) is 8.75. The first-order valence-electron chi connectivity index (χ1n) is 5.72. The number of hydrogen-bond donors (Lipinski definition) is 1. The number of benzene rings is 1. The lowest BCUT2D eigenvalue weighted by Gasteiger charge is -2.37. The van der Waals surface area contributed by atoms with Gasteiger partial charge in [0.05, 0.1) is 0 Å². The van der Waals surface area contributed by atoms with E-state index in [0.29, 0.717) is 10.6 Å². The predicted molar refractivity (Wildman–Crippen MR) is 74.5 cm³/mol. The van der Waals surface area contributed by atoms with Gasteiger partial charge in [0.15, 0.2) is 5.54 Å². The Hall–Kier alpha value is -1.26. The Balaban J connectivity index is 3.54. The zero-order valence-corrected chi connectivity index (χ0v) is 12.4. The van der Waals surface area contributed by atoms with E-state index in [0.717, 1.165) is 0 Å². The summed E-state index contributed by atoms with van der Waals surface area (Å²) in [5.74, 6) is -1.50. The van der Waals surface area contributed by atoms with Gasteiger partial charge in [-0.15, -0.1) is 0 Å². The fourth-order valence-electron chi connectivity index (χ4n) is 2.10. The van der Waals surface area contributed by atoms with Gasteiger partial charge in [-0.2, -0.15) is 0 Å². The van der Waals surface area contributed by atoms with E-state index < -0.39 is 11.5 Å². The second-order valence-electron chi connectivity index (χ2n) is 4.26. The van der Waals surface area contributed by atoms with Gasteiger partial charge in [0, 0.05) is 29.1 Å². The quantitative estimate of drug-likeness (QED) is 0.929. The third-order valence-corrected chi connectivity index (χ3v) is 3.67. The number of hydrogen-bond acceptors (Lipinski definition) is 2. The van der Waals surface area contributed by atoms with Crippen molar-refractivity contribution in [1.82, 2.24) is 4.90 Å². The van der Waals surface area contributed by atoms with Crippen LogP contribution in [0.2, 0.25) is 10.0 Å². The van der Waals surface area contributed by atoms with Gasteiger partial charge in [0.1, 0.15) is 0 Å². The molecule has 0 fully saturated rings. The van der Waals surface area contributed by atoms with E-state index in [1.165, 1.54) is 30.9 Å². The van der Waals surface area contributed by atoms with Crippen LogP contribution in [0.3, 0.4) is 0 Å². The summed E-state index contributed by atoms with van der Waals surface area (Å²) < 4.78 is 0. The summed E-state index contributed by atoms with van der Waals surface area (Å²) in [6.07, 6.45) is 0. The van der Waals surface area contributed by atoms with Gasteiger partial charge in [-0.05, 0) is 32.0 Å². The number of likely N-dealkylation sites (N-methyl/N-ethyl adjacent to an activating group) is 1. The van der Waals surface area contributed by atoms with Gasteiger partial charge < -0.3 is 10.0 Å². The van der Waals surface area contributed by atoms with E-state index in [1.54, 1.807) is 13.0 Å². The van der Waals surface area contributed by atoms with E-state index in [9.17, 15) is 14.7 Å². The molecule has 0 aliphatic heterocycles. The van der Waals surface area contributed by atoms with Crippen LogP contribution in [0.1, 0.15) is 26.3 Å². The van der Waals surface area contributed by atoms with Crippen molar-refractivity contribution in [3.05, 3.63) is 33.8 Å². The first-order valence-corrected chi connectivity index (χ1v) is 6.47. The molecule has 0 saturated carbocycles. The van der Waals surface area contributed by atoms with Crippen molar-refractivity contribution in [1.29, 1.82) is 0 Å². The van der Waals surface area contributed by atoms with E-state index in [1.807, 2.05) is 0 Å². The van der Waals surface area contributed by atoms with Gasteiger partial charge >= 0.3 is 5.97 Å². The molecule has 6 heteroatoms. The fraction of sp³-hybridized carbons (Fsp3) is 0.385. The number of carboxylic acid groups (broad SMARTS) is 1. The van der Waals surface area contributed by atoms with Crippen molar-refractivity contribution in [3.8, 4) is 0 Å². The standard InChI is InChI=1S/C13H15Cl2NO3/c1-4-16(8(2)17)13(3,12(18)19)10-7-9(14)5-6-11(10)15/h5-7H,4H2,1-3H3,(H,18,19). The summed E-state index contributed by atoms with van der Waals surface area (Å²) in [5.41, 5.74) is -1.26. The Labute approximate surface area is 121 Å². The SMILES string of the molecule is CCN(C(C)=O)C(C)(C(=O)O)c1cc(Cl)ccc1Cl. The van der Waals surface area contributed by atoms with Crippen LogP contribution in [0.4, 0.5) is 0 Å². The van der Waals surface area contributed by atoms with Crippen LogP contribution in [0.5, 0.6) is 0 Å². The van der Waals surface area contributed by atoms with Crippen molar-refractivity contribution in [2.24, 2.45) is 0 Å². The van der Waals surface area contributed by atoms with Gasteiger partial charge in [0.2, 0.25) is 5.91 Å². The molecular weight excluding hydrogens is 289 g/mol. The third-order valence-electron chi connectivity index (χ3n) is 3.11. The molecule has 0 aliphatic carbocycles. The largest absolute Gasteiger partial charge is 0.479 e. The number of carbonyl (C=O) groups is 2. The number of carboxylic acids is 1. The van der Waals surface area contributed by atoms with Crippen LogP contribution in [-0.4, -0.2) is 28.4 Å². The van der Waals surface area contributed by atoms with Crippen LogP contribution in [0.15, 0.2) is 18.2 Å². The van der Waals surface area contributed by atoms with Crippen LogP contribution in [0, 0.1) is 0 Å². The van der Waals surface area contributed by atoms with Crippen LogP contribution in [-0.2, 0) is 15.1 Å². The molecule has 4 nitrogen and oxygen atoms in total. The smallest absolute Gasteiger partial charge is 0.334 e. The first kappa shape index (κ1) is 15.8. The molecular formula is C13H15Cl2NO3. The Morgan fingerprint density at radius 2 is 1.95 bits per heavy atom. The van der Waals surface area contributed by atoms with Crippen molar-refractivity contribution in [2.45, 2.75) is 26.3 Å². The highest BCUT2D eigenvalue weighted by Gasteiger charge is 2.43. The Morgan fingerprint density at radius 1 is 1.37 bits per heavy atom.